The van der Waals surface area contributed by atoms with Gasteiger partial charge in [-0.25, -0.2) is 0 Å². The lowest BCUT2D eigenvalue weighted by Gasteiger charge is -2.24. The third-order valence-corrected chi connectivity index (χ3v) is 4.09. The van der Waals surface area contributed by atoms with Crippen molar-refractivity contribution in [2.75, 3.05) is 27.2 Å². The van der Waals surface area contributed by atoms with E-state index in [4.69, 9.17) is 0 Å². The molecule has 0 fully saturated rings. The van der Waals surface area contributed by atoms with E-state index in [9.17, 15) is 22.8 Å². The maximum absolute atomic E-state index is 12.5. The molecule has 112 valence electrons. The molecule has 0 saturated carbocycles. The summed E-state index contributed by atoms with van der Waals surface area (Å²) < 4.78 is 38.4. The van der Waals surface area contributed by atoms with Gasteiger partial charge < -0.3 is 9.80 Å². The number of thiophene rings is 1. The second-order valence-corrected chi connectivity index (χ2v) is 7.01. The molecule has 20 heavy (non-hydrogen) atoms. The van der Waals surface area contributed by atoms with Crippen LogP contribution in [0, 0.1) is 2.88 Å². The van der Waals surface area contributed by atoms with Crippen LogP contribution in [0.4, 0.5) is 13.2 Å². The fourth-order valence-electron chi connectivity index (χ4n) is 1.33. The number of halogens is 4. The Morgan fingerprint density at radius 2 is 1.95 bits per heavy atom. The number of nitrogens with zero attached hydrogens (tertiary/aromatic N) is 2. The molecule has 0 unspecified atom stereocenters. The highest BCUT2D eigenvalue weighted by atomic mass is 127. The predicted molar refractivity (Wildman–Crippen MR) is 77.7 cm³/mol. The zero-order valence-corrected chi connectivity index (χ0v) is 13.7. The molecule has 0 bridgehead atoms. The quantitative estimate of drug-likeness (QED) is 0.703. The van der Waals surface area contributed by atoms with E-state index in [2.05, 4.69) is 0 Å². The minimum absolute atomic E-state index is 0.162. The normalized spacial score (nSPS) is 11.3. The number of likely N-dealkylation sites (N-methyl/N-ethyl adjacent to an activating group) is 1. The number of alkyl halides is 3. The first-order chi connectivity index (χ1) is 9.10. The Balaban J connectivity index is 2.92. The summed E-state index contributed by atoms with van der Waals surface area (Å²) in [5, 5.41) is 1.48. The minimum atomic E-state index is -4.55. The average Bonchev–Trinajstić information content (AvgIpc) is 2.72. The van der Waals surface area contributed by atoms with Crippen LogP contribution >= 0.6 is 33.9 Å². The predicted octanol–water partition coefficient (Wildman–Crippen LogP) is 2.45. The molecule has 0 aliphatic carbocycles. The number of carbonyl (C=O) groups excluding carboxylic acids is 2. The molecular weight excluding hydrogens is 408 g/mol. The first kappa shape index (κ1) is 17.2. The Hall–Kier alpha value is -0.840. The molecule has 0 saturated heterocycles. The van der Waals surface area contributed by atoms with E-state index >= 15 is 0 Å². The third kappa shape index (κ3) is 5.27. The first-order valence-electron chi connectivity index (χ1n) is 5.40. The molecule has 1 aromatic heterocycles. The largest absolute Gasteiger partial charge is 0.406 e. The third-order valence-electron chi connectivity index (χ3n) is 2.30. The summed E-state index contributed by atoms with van der Waals surface area (Å²) in [7, 11) is 2.85. The first-order valence-corrected chi connectivity index (χ1v) is 7.36. The van der Waals surface area contributed by atoms with Gasteiger partial charge in [0, 0.05) is 19.5 Å². The van der Waals surface area contributed by atoms with Crippen LogP contribution in [-0.4, -0.2) is 55.0 Å². The van der Waals surface area contributed by atoms with Gasteiger partial charge in [-0.2, -0.15) is 13.2 Å². The fraction of sp³-hybridized carbons (Fsp3) is 0.455. The molecule has 0 spiro atoms. The highest BCUT2D eigenvalue weighted by molar-refractivity contribution is 14.1. The van der Waals surface area contributed by atoms with Crippen molar-refractivity contribution in [2.24, 2.45) is 0 Å². The van der Waals surface area contributed by atoms with Crippen molar-refractivity contribution in [2.45, 2.75) is 6.18 Å². The van der Waals surface area contributed by atoms with E-state index in [-0.39, 0.29) is 5.56 Å². The van der Waals surface area contributed by atoms with E-state index in [0.29, 0.717) is 4.90 Å². The van der Waals surface area contributed by atoms with Crippen LogP contribution in [-0.2, 0) is 4.79 Å². The summed E-state index contributed by atoms with van der Waals surface area (Å²) in [6.07, 6.45) is -4.55. The van der Waals surface area contributed by atoms with E-state index in [1.807, 2.05) is 22.6 Å². The summed E-state index contributed by atoms with van der Waals surface area (Å²) in [5.41, 5.74) is 0.162. The van der Waals surface area contributed by atoms with E-state index in [1.165, 1.54) is 36.9 Å². The van der Waals surface area contributed by atoms with Gasteiger partial charge in [-0.1, -0.05) is 0 Å². The topological polar surface area (TPSA) is 40.6 Å². The smallest absolute Gasteiger partial charge is 0.347 e. The van der Waals surface area contributed by atoms with Gasteiger partial charge in [0.2, 0.25) is 5.91 Å². The molecule has 1 aromatic rings. The van der Waals surface area contributed by atoms with Crippen LogP contribution in [0.25, 0.3) is 0 Å². The lowest BCUT2D eigenvalue weighted by Crippen LogP contribution is -2.44. The van der Waals surface area contributed by atoms with Crippen LogP contribution in [0.3, 0.4) is 0 Å². The zero-order chi connectivity index (χ0) is 15.5. The summed E-state index contributed by atoms with van der Waals surface area (Å²) in [6, 6.07) is 1.50. The highest BCUT2D eigenvalue weighted by Crippen LogP contribution is 2.21. The summed E-state index contributed by atoms with van der Waals surface area (Å²) in [6.45, 7) is -2.05. The van der Waals surface area contributed by atoms with Gasteiger partial charge >= 0.3 is 6.18 Å². The number of carbonyl (C=O) groups is 2. The van der Waals surface area contributed by atoms with Crippen molar-refractivity contribution in [3.05, 3.63) is 19.9 Å². The van der Waals surface area contributed by atoms with Gasteiger partial charge in [-0.15, -0.1) is 11.3 Å². The SMILES string of the molecule is CN(C)C(=O)CN(CC(F)(F)F)C(=O)c1csc(I)c1. The van der Waals surface area contributed by atoms with Crippen LogP contribution in [0.1, 0.15) is 10.4 Å². The Kier molecular flexibility index (Phi) is 5.80. The van der Waals surface area contributed by atoms with Gasteiger partial charge in [0.05, 0.1) is 8.45 Å². The molecule has 0 aliphatic heterocycles. The van der Waals surface area contributed by atoms with Crippen LogP contribution < -0.4 is 0 Å². The van der Waals surface area contributed by atoms with Crippen molar-refractivity contribution in [1.29, 1.82) is 0 Å². The maximum atomic E-state index is 12.5. The molecule has 0 aliphatic rings. The van der Waals surface area contributed by atoms with Gasteiger partial charge in [0.1, 0.15) is 13.1 Å². The highest BCUT2D eigenvalue weighted by Gasteiger charge is 2.34. The zero-order valence-electron chi connectivity index (χ0n) is 10.7. The molecule has 0 aromatic carbocycles. The van der Waals surface area contributed by atoms with Gasteiger partial charge in [0.15, 0.2) is 0 Å². The van der Waals surface area contributed by atoms with Crippen LogP contribution in [0.2, 0.25) is 0 Å². The molecule has 0 N–H and O–H groups in total. The van der Waals surface area contributed by atoms with Gasteiger partial charge in [0.25, 0.3) is 5.91 Å². The maximum Gasteiger partial charge on any atom is 0.406 e. The fourth-order valence-corrected chi connectivity index (χ4v) is 2.65. The Bertz CT molecular complexity index is 502. The van der Waals surface area contributed by atoms with Gasteiger partial charge in [-0.3, -0.25) is 9.59 Å². The Morgan fingerprint density at radius 3 is 2.35 bits per heavy atom. The van der Waals surface area contributed by atoms with Gasteiger partial charge in [-0.05, 0) is 28.7 Å². The molecule has 1 heterocycles. The second-order valence-electron chi connectivity index (χ2n) is 4.20. The Morgan fingerprint density at radius 1 is 1.35 bits per heavy atom. The molecule has 0 atom stereocenters. The number of amides is 2. The summed E-state index contributed by atoms with van der Waals surface area (Å²) in [5.74, 6) is -1.36. The molecular formula is C11H12F3IN2O2S. The molecule has 0 radical (unpaired) electrons. The molecule has 2 amide bonds. The van der Waals surface area contributed by atoms with E-state index in [0.717, 1.165) is 7.78 Å². The summed E-state index contributed by atoms with van der Waals surface area (Å²) >= 11 is 3.23. The van der Waals surface area contributed by atoms with Crippen LogP contribution in [0.5, 0.6) is 0 Å². The molecule has 9 heteroatoms. The van der Waals surface area contributed by atoms with Crippen molar-refractivity contribution in [1.82, 2.24) is 9.80 Å². The van der Waals surface area contributed by atoms with Crippen molar-refractivity contribution in [3.63, 3.8) is 0 Å². The van der Waals surface area contributed by atoms with Crippen molar-refractivity contribution < 1.29 is 22.8 Å². The number of rotatable bonds is 4. The van der Waals surface area contributed by atoms with Crippen molar-refractivity contribution >= 4 is 45.7 Å². The lowest BCUT2D eigenvalue weighted by molar-refractivity contribution is -0.146. The standard InChI is InChI=1S/C11H12F3IN2O2S/c1-16(2)9(18)4-17(6-11(12,13)14)10(19)7-3-8(15)20-5-7/h3,5H,4,6H2,1-2H3. The van der Waals surface area contributed by atoms with E-state index < -0.39 is 31.1 Å². The van der Waals surface area contributed by atoms with E-state index in [1.54, 1.807) is 0 Å². The molecule has 4 nitrogen and oxygen atoms in total. The number of hydrogen-bond acceptors (Lipinski definition) is 3. The molecule has 1 rings (SSSR count). The number of hydrogen-bond donors (Lipinski definition) is 0. The monoisotopic (exact) mass is 420 g/mol. The van der Waals surface area contributed by atoms with Crippen LogP contribution in [0.15, 0.2) is 11.4 Å². The lowest BCUT2D eigenvalue weighted by atomic mass is 10.3. The average molecular weight is 420 g/mol. The second kappa shape index (κ2) is 6.74. The Labute approximate surface area is 131 Å². The van der Waals surface area contributed by atoms with Crippen molar-refractivity contribution in [3.8, 4) is 0 Å². The summed E-state index contributed by atoms with van der Waals surface area (Å²) in [4.78, 5) is 25.3. The minimum Gasteiger partial charge on any atom is -0.347 e.